The second kappa shape index (κ2) is 5.91. The molecule has 0 aromatic heterocycles. The Kier molecular flexibility index (Phi) is 5.02. The first-order valence-electron chi connectivity index (χ1n) is 5.51. The average Bonchev–Trinajstić information content (AvgIpc) is 2.29. The zero-order chi connectivity index (χ0) is 14.0. The lowest BCUT2D eigenvalue weighted by atomic mass is 9.99. The van der Waals surface area contributed by atoms with Crippen LogP contribution < -0.4 is 0 Å². The van der Waals surface area contributed by atoms with Crippen LogP contribution in [0.2, 0.25) is 0 Å². The van der Waals surface area contributed by atoms with E-state index in [1.807, 2.05) is 0 Å². The van der Waals surface area contributed by atoms with Gasteiger partial charge < -0.3 is 35.0 Å². The number of rotatable bonds is 4. The van der Waals surface area contributed by atoms with Crippen LogP contribution in [0.5, 0.6) is 0 Å². The summed E-state index contributed by atoms with van der Waals surface area (Å²) in [6.45, 7) is 2.94. The molecule has 5 N–H and O–H groups in total. The van der Waals surface area contributed by atoms with Crippen LogP contribution in [-0.4, -0.2) is 74.4 Å². The zero-order valence-electron chi connectivity index (χ0n) is 10.0. The van der Waals surface area contributed by atoms with Crippen LogP contribution in [0, 0.1) is 0 Å². The minimum absolute atomic E-state index is 0.735. The first-order chi connectivity index (χ1) is 8.25. The molecule has 1 fully saturated rings. The average molecular weight is 266 g/mol. The largest absolute Gasteiger partial charge is 0.479 e. The van der Waals surface area contributed by atoms with Crippen molar-refractivity contribution in [3.63, 3.8) is 0 Å². The maximum atomic E-state index is 10.8. The molecule has 0 bridgehead atoms. The fraction of sp³-hybridized carbons (Fsp3) is 0.900. The molecule has 0 aromatic rings. The van der Waals surface area contributed by atoms with Gasteiger partial charge in [0.2, 0.25) is 0 Å². The van der Waals surface area contributed by atoms with Gasteiger partial charge in [-0.15, -0.1) is 0 Å². The third-order valence-electron chi connectivity index (χ3n) is 2.84. The maximum Gasteiger partial charge on any atom is 0.335 e. The summed E-state index contributed by atoms with van der Waals surface area (Å²) < 4.78 is 9.98. The Morgan fingerprint density at radius 2 is 1.72 bits per heavy atom. The normalized spacial score (nSPS) is 40.2. The highest BCUT2D eigenvalue weighted by molar-refractivity contribution is 5.73. The molecule has 0 aromatic carbocycles. The van der Waals surface area contributed by atoms with Crippen LogP contribution >= 0.6 is 0 Å². The fourth-order valence-corrected chi connectivity index (χ4v) is 1.49. The van der Waals surface area contributed by atoms with Crippen molar-refractivity contribution in [1.82, 2.24) is 0 Å². The Morgan fingerprint density at radius 1 is 1.17 bits per heavy atom. The molecule has 0 spiro atoms. The maximum absolute atomic E-state index is 10.8. The summed E-state index contributed by atoms with van der Waals surface area (Å²) in [6.07, 6.45) is -9.79. The van der Waals surface area contributed by atoms with E-state index in [1.54, 1.807) is 0 Å². The number of hydrogen-bond donors (Lipinski definition) is 5. The van der Waals surface area contributed by atoms with Crippen LogP contribution in [0.25, 0.3) is 0 Å². The highest BCUT2D eigenvalue weighted by atomic mass is 16.7. The fourth-order valence-electron chi connectivity index (χ4n) is 1.49. The van der Waals surface area contributed by atoms with Crippen LogP contribution in [-0.2, 0) is 14.3 Å². The molecular weight excluding hydrogens is 248 g/mol. The van der Waals surface area contributed by atoms with Gasteiger partial charge in [-0.25, -0.2) is 4.79 Å². The van der Waals surface area contributed by atoms with Gasteiger partial charge in [0.1, 0.15) is 18.3 Å². The van der Waals surface area contributed by atoms with E-state index in [4.69, 9.17) is 14.6 Å². The van der Waals surface area contributed by atoms with Crippen molar-refractivity contribution in [2.45, 2.75) is 56.8 Å². The second-order valence-corrected chi connectivity index (χ2v) is 4.32. The number of carbonyl (C=O) groups is 1. The van der Waals surface area contributed by atoms with Crippen LogP contribution in [0.4, 0.5) is 0 Å². The van der Waals surface area contributed by atoms with E-state index in [-0.39, 0.29) is 0 Å². The van der Waals surface area contributed by atoms with Crippen molar-refractivity contribution in [3.8, 4) is 0 Å². The molecule has 1 aliphatic rings. The summed E-state index contributed by atoms with van der Waals surface area (Å²) in [6, 6.07) is 0. The predicted octanol–water partition coefficient (Wildman–Crippen LogP) is -2.34. The lowest BCUT2D eigenvalue weighted by Gasteiger charge is -2.39. The Hall–Kier alpha value is -0.770. The number of ether oxygens (including phenoxy) is 2. The number of carboxylic acids is 1. The van der Waals surface area contributed by atoms with Crippen molar-refractivity contribution in [2.24, 2.45) is 0 Å². The number of hydrogen-bond acceptors (Lipinski definition) is 7. The second-order valence-electron chi connectivity index (χ2n) is 4.32. The molecule has 7 atom stereocenters. The molecule has 8 heteroatoms. The minimum atomic E-state index is -1.75. The quantitative estimate of drug-likeness (QED) is 0.382. The van der Waals surface area contributed by atoms with Crippen molar-refractivity contribution >= 4 is 5.97 Å². The molecule has 1 rings (SSSR count). The lowest BCUT2D eigenvalue weighted by molar-refractivity contribution is -0.307. The summed E-state index contributed by atoms with van der Waals surface area (Å²) in [5, 5.41) is 46.6. The SMILES string of the molecule is C[C@H](O)[C@H](C)O[C@@H]1O[C@H](C(=O)O)[C@@H](O)[C@H](O)[C@H]1O. The molecule has 1 heterocycles. The molecule has 1 saturated heterocycles. The van der Waals surface area contributed by atoms with Crippen molar-refractivity contribution < 1.29 is 39.8 Å². The summed E-state index contributed by atoms with van der Waals surface area (Å²) in [5.41, 5.74) is 0. The van der Waals surface area contributed by atoms with Gasteiger partial charge in [-0.05, 0) is 13.8 Å². The summed E-state index contributed by atoms with van der Waals surface area (Å²) in [4.78, 5) is 10.8. The topological polar surface area (TPSA) is 137 Å². The van der Waals surface area contributed by atoms with Gasteiger partial charge in [-0.2, -0.15) is 0 Å². The predicted molar refractivity (Wildman–Crippen MR) is 56.5 cm³/mol. The van der Waals surface area contributed by atoms with E-state index < -0.39 is 48.9 Å². The van der Waals surface area contributed by atoms with E-state index in [1.165, 1.54) is 13.8 Å². The first-order valence-corrected chi connectivity index (χ1v) is 5.51. The van der Waals surface area contributed by atoms with E-state index in [0.29, 0.717) is 0 Å². The van der Waals surface area contributed by atoms with Crippen LogP contribution in [0.15, 0.2) is 0 Å². The third-order valence-corrected chi connectivity index (χ3v) is 2.84. The molecule has 0 radical (unpaired) electrons. The Labute approximate surface area is 103 Å². The lowest BCUT2D eigenvalue weighted by Crippen LogP contribution is -2.61. The number of aliphatic carboxylic acids is 1. The van der Waals surface area contributed by atoms with E-state index in [9.17, 15) is 25.2 Å². The zero-order valence-corrected chi connectivity index (χ0v) is 10.0. The van der Waals surface area contributed by atoms with Crippen molar-refractivity contribution in [3.05, 3.63) is 0 Å². The van der Waals surface area contributed by atoms with Crippen LogP contribution in [0.3, 0.4) is 0 Å². The molecule has 18 heavy (non-hydrogen) atoms. The third kappa shape index (κ3) is 3.16. The Balaban J connectivity index is 2.76. The smallest absolute Gasteiger partial charge is 0.335 e. The summed E-state index contributed by atoms with van der Waals surface area (Å²) in [5.74, 6) is -1.48. The standard InChI is InChI=1S/C10H18O8/c1-3(11)4(2)17-10-7(14)5(12)6(13)8(18-10)9(15)16/h3-8,10-14H,1-2H3,(H,15,16)/t3-,4-,5-,6-,7+,8-,10+/m0/s1. The van der Waals surface area contributed by atoms with Crippen molar-refractivity contribution in [2.75, 3.05) is 0 Å². The van der Waals surface area contributed by atoms with Crippen LogP contribution in [0.1, 0.15) is 13.8 Å². The molecule has 1 aliphatic heterocycles. The minimum Gasteiger partial charge on any atom is -0.479 e. The van der Waals surface area contributed by atoms with Gasteiger partial charge in [0.15, 0.2) is 12.4 Å². The van der Waals surface area contributed by atoms with E-state index in [2.05, 4.69) is 0 Å². The van der Waals surface area contributed by atoms with Gasteiger partial charge in [-0.3, -0.25) is 0 Å². The highest BCUT2D eigenvalue weighted by Crippen LogP contribution is 2.23. The Bertz CT molecular complexity index is 294. The first kappa shape index (κ1) is 15.3. The number of aliphatic hydroxyl groups is 4. The van der Waals surface area contributed by atoms with Gasteiger partial charge in [0, 0.05) is 0 Å². The molecule has 106 valence electrons. The van der Waals surface area contributed by atoms with E-state index in [0.717, 1.165) is 0 Å². The molecule has 0 saturated carbocycles. The molecular formula is C10H18O8. The van der Waals surface area contributed by atoms with Gasteiger partial charge in [0.05, 0.1) is 12.2 Å². The summed E-state index contributed by atoms with van der Waals surface area (Å²) >= 11 is 0. The molecule has 0 aliphatic carbocycles. The monoisotopic (exact) mass is 266 g/mol. The molecule has 0 unspecified atom stereocenters. The number of carboxylic acid groups (broad SMARTS) is 1. The molecule has 0 amide bonds. The van der Waals surface area contributed by atoms with Gasteiger partial charge in [-0.1, -0.05) is 0 Å². The number of aliphatic hydroxyl groups excluding tert-OH is 4. The molecule has 8 nitrogen and oxygen atoms in total. The van der Waals surface area contributed by atoms with E-state index >= 15 is 0 Å². The van der Waals surface area contributed by atoms with Crippen molar-refractivity contribution in [1.29, 1.82) is 0 Å². The van der Waals surface area contributed by atoms with Gasteiger partial charge >= 0.3 is 5.97 Å². The van der Waals surface area contributed by atoms with Gasteiger partial charge in [0.25, 0.3) is 0 Å². The highest BCUT2D eigenvalue weighted by Gasteiger charge is 2.48. The summed E-state index contributed by atoms with van der Waals surface area (Å²) in [7, 11) is 0. The Morgan fingerprint density at radius 3 is 2.17 bits per heavy atom.